The molecule has 0 fully saturated rings. The van der Waals surface area contributed by atoms with Gasteiger partial charge in [0.1, 0.15) is 0 Å². The lowest BCUT2D eigenvalue weighted by atomic mass is 9.97. The molecule has 1 aromatic rings. The molecule has 0 unspecified atom stereocenters. The number of nitrogens with two attached hydrogens (primary N) is 2. The van der Waals surface area contributed by atoms with Crippen LogP contribution in [-0.4, -0.2) is 30.1 Å². The van der Waals surface area contributed by atoms with Crippen LogP contribution in [0.25, 0.3) is 0 Å². The number of rotatable bonds is 8. The zero-order valence-electron chi connectivity index (χ0n) is 12.8. The highest BCUT2D eigenvalue weighted by Gasteiger charge is 2.37. The predicted octanol–water partition coefficient (Wildman–Crippen LogP) is 1.59. The van der Waals surface area contributed by atoms with Crippen molar-refractivity contribution >= 4 is 8.80 Å². The summed E-state index contributed by atoms with van der Waals surface area (Å²) in [5.74, 6) is 0. The maximum atomic E-state index is 6.02. The van der Waals surface area contributed by atoms with Gasteiger partial charge in [0.15, 0.2) is 0 Å². The molecule has 0 spiro atoms. The molecule has 0 aliphatic heterocycles. The topological polar surface area (TPSA) is 79.7 Å². The molecule has 0 atom stereocenters. The van der Waals surface area contributed by atoms with E-state index in [4.69, 9.17) is 24.7 Å². The van der Waals surface area contributed by atoms with Crippen LogP contribution in [0.3, 0.4) is 0 Å². The van der Waals surface area contributed by atoms with Crippen LogP contribution in [0.2, 0.25) is 6.04 Å². The van der Waals surface area contributed by atoms with Crippen LogP contribution in [0, 0.1) is 0 Å². The molecule has 6 heteroatoms. The van der Waals surface area contributed by atoms with E-state index in [9.17, 15) is 0 Å². The van der Waals surface area contributed by atoms with Crippen molar-refractivity contribution in [3.63, 3.8) is 0 Å². The lowest BCUT2D eigenvalue weighted by molar-refractivity contribution is 0.123. The van der Waals surface area contributed by atoms with Crippen molar-refractivity contribution in [3.05, 3.63) is 35.4 Å². The summed E-state index contributed by atoms with van der Waals surface area (Å²) in [5, 5.41) is 0. The summed E-state index contributed by atoms with van der Waals surface area (Å²) in [7, 11) is 2.37. The smallest absolute Gasteiger partial charge is 0.377 e. The van der Waals surface area contributed by atoms with Crippen molar-refractivity contribution < 1.29 is 13.3 Å². The Bertz CT molecular complexity index is 397. The number of aryl methyl sites for hydroxylation is 1. The number of benzene rings is 1. The van der Waals surface area contributed by atoms with Gasteiger partial charge in [0.05, 0.1) is 5.66 Å². The molecule has 0 saturated heterocycles. The minimum Gasteiger partial charge on any atom is -0.377 e. The molecule has 5 nitrogen and oxygen atoms in total. The van der Waals surface area contributed by atoms with Crippen LogP contribution in [0.1, 0.15) is 24.5 Å². The van der Waals surface area contributed by atoms with E-state index >= 15 is 0 Å². The van der Waals surface area contributed by atoms with E-state index in [-0.39, 0.29) is 0 Å². The number of hydrogen-bond acceptors (Lipinski definition) is 5. The molecule has 20 heavy (non-hydrogen) atoms. The Morgan fingerprint density at radius 3 is 1.90 bits per heavy atom. The summed E-state index contributed by atoms with van der Waals surface area (Å²) in [6, 6.07) is 8.78. The monoisotopic (exact) mass is 298 g/mol. The summed E-state index contributed by atoms with van der Waals surface area (Å²) in [6.07, 6.45) is 1.52. The molecule has 0 aliphatic carbocycles. The van der Waals surface area contributed by atoms with Gasteiger partial charge in [0, 0.05) is 27.4 Å². The second-order valence-electron chi connectivity index (χ2n) is 4.89. The second kappa shape index (κ2) is 7.30. The van der Waals surface area contributed by atoms with E-state index in [2.05, 4.69) is 0 Å². The lowest BCUT2D eigenvalue weighted by Crippen LogP contribution is -2.45. The third-order valence-electron chi connectivity index (χ3n) is 3.73. The fourth-order valence-corrected chi connectivity index (χ4v) is 3.75. The lowest BCUT2D eigenvalue weighted by Gasteiger charge is -2.25. The highest BCUT2D eigenvalue weighted by Crippen LogP contribution is 2.20. The predicted molar refractivity (Wildman–Crippen MR) is 82.1 cm³/mol. The van der Waals surface area contributed by atoms with Crippen LogP contribution in [0.4, 0.5) is 0 Å². The standard InChI is InChI=1S/C14H26N2O3Si/c1-5-14(15,16)13-8-6-12(7-9-13)10-11-20(17-2,18-3)19-4/h6-9H,5,10-11,15-16H2,1-4H3. The highest BCUT2D eigenvalue weighted by molar-refractivity contribution is 6.60. The molecular formula is C14H26N2O3Si. The van der Waals surface area contributed by atoms with Crippen molar-refractivity contribution in [2.45, 2.75) is 31.5 Å². The van der Waals surface area contributed by atoms with Crippen LogP contribution >= 0.6 is 0 Å². The van der Waals surface area contributed by atoms with Crippen molar-refractivity contribution in [2.24, 2.45) is 11.5 Å². The molecule has 0 radical (unpaired) electrons. The average molecular weight is 298 g/mol. The van der Waals surface area contributed by atoms with Crippen LogP contribution in [-0.2, 0) is 25.4 Å². The van der Waals surface area contributed by atoms with E-state index < -0.39 is 14.5 Å². The quantitative estimate of drug-likeness (QED) is 0.563. The minimum absolute atomic E-state index is 0.694. The van der Waals surface area contributed by atoms with Crippen molar-refractivity contribution in [3.8, 4) is 0 Å². The van der Waals surface area contributed by atoms with Gasteiger partial charge in [-0.05, 0) is 24.0 Å². The molecule has 114 valence electrons. The van der Waals surface area contributed by atoms with Gasteiger partial charge in [-0.1, -0.05) is 31.2 Å². The molecule has 1 rings (SSSR count). The zero-order valence-corrected chi connectivity index (χ0v) is 13.8. The van der Waals surface area contributed by atoms with Crippen molar-refractivity contribution in [1.82, 2.24) is 0 Å². The van der Waals surface area contributed by atoms with Crippen molar-refractivity contribution in [2.75, 3.05) is 21.3 Å². The maximum absolute atomic E-state index is 6.02. The van der Waals surface area contributed by atoms with E-state index in [0.717, 1.165) is 18.0 Å². The van der Waals surface area contributed by atoms with E-state index in [1.54, 1.807) is 21.3 Å². The molecule has 4 N–H and O–H groups in total. The molecular weight excluding hydrogens is 272 g/mol. The fraction of sp³-hybridized carbons (Fsp3) is 0.571. The molecule has 0 aliphatic rings. The third-order valence-corrected chi connectivity index (χ3v) is 6.46. The van der Waals surface area contributed by atoms with Crippen LogP contribution in [0.5, 0.6) is 0 Å². The third kappa shape index (κ3) is 4.11. The van der Waals surface area contributed by atoms with Gasteiger partial charge in [0.2, 0.25) is 0 Å². The second-order valence-corrected chi connectivity index (χ2v) is 7.98. The first kappa shape index (κ1) is 17.3. The minimum atomic E-state index is -2.51. The Balaban J connectivity index is 2.71. The first-order chi connectivity index (χ1) is 9.43. The highest BCUT2D eigenvalue weighted by atomic mass is 28.4. The first-order valence-electron chi connectivity index (χ1n) is 6.75. The number of hydrogen-bond donors (Lipinski definition) is 2. The molecule has 1 aromatic carbocycles. The van der Waals surface area contributed by atoms with E-state index in [1.165, 1.54) is 5.56 Å². The van der Waals surface area contributed by atoms with Gasteiger partial charge in [-0.3, -0.25) is 0 Å². The molecule has 0 aromatic heterocycles. The Morgan fingerprint density at radius 2 is 1.50 bits per heavy atom. The maximum Gasteiger partial charge on any atom is 0.500 e. The van der Waals surface area contributed by atoms with Gasteiger partial charge in [-0.2, -0.15) is 0 Å². The summed E-state index contributed by atoms with van der Waals surface area (Å²) < 4.78 is 16.2. The normalized spacial score (nSPS) is 12.7. The van der Waals surface area contributed by atoms with E-state index in [0.29, 0.717) is 6.42 Å². The molecule has 0 saturated carbocycles. The van der Waals surface area contributed by atoms with Gasteiger partial charge >= 0.3 is 8.80 Å². The van der Waals surface area contributed by atoms with Crippen LogP contribution in [0.15, 0.2) is 24.3 Å². The SMILES string of the molecule is CCC(N)(N)c1ccc(CC[Si](OC)(OC)OC)cc1. The Morgan fingerprint density at radius 1 is 1.00 bits per heavy atom. The zero-order chi connectivity index (χ0) is 15.2. The molecule has 0 bridgehead atoms. The van der Waals surface area contributed by atoms with Gasteiger partial charge in [-0.25, -0.2) is 0 Å². The Hall–Kier alpha value is -0.763. The van der Waals surface area contributed by atoms with Gasteiger partial charge in [0.25, 0.3) is 0 Å². The van der Waals surface area contributed by atoms with Gasteiger partial charge in [-0.15, -0.1) is 0 Å². The summed E-state index contributed by atoms with van der Waals surface area (Å²) in [5.41, 5.74) is 13.4. The van der Waals surface area contributed by atoms with E-state index in [1.807, 2.05) is 31.2 Å². The summed E-state index contributed by atoms with van der Waals surface area (Å²) in [6.45, 7) is 1.98. The first-order valence-corrected chi connectivity index (χ1v) is 8.69. The van der Waals surface area contributed by atoms with Gasteiger partial charge < -0.3 is 24.7 Å². The van der Waals surface area contributed by atoms with Crippen LogP contribution < -0.4 is 11.5 Å². The Kier molecular flexibility index (Phi) is 6.31. The molecule has 0 heterocycles. The Labute approximate surface area is 122 Å². The average Bonchev–Trinajstić information content (AvgIpc) is 2.50. The van der Waals surface area contributed by atoms with Crippen molar-refractivity contribution in [1.29, 1.82) is 0 Å². The summed E-state index contributed by atoms with van der Waals surface area (Å²) >= 11 is 0. The largest absolute Gasteiger partial charge is 0.500 e. The summed E-state index contributed by atoms with van der Waals surface area (Å²) in [4.78, 5) is 0. The molecule has 0 amide bonds. The fourth-order valence-electron chi connectivity index (χ4n) is 2.04.